The topological polar surface area (TPSA) is 96.0 Å². The first kappa shape index (κ1) is 39.4. The molecular weight excluding hydrogens is 615 g/mol. The summed E-state index contributed by atoms with van der Waals surface area (Å²) in [6, 6.07) is 25.7. The number of unbranched alkanes of at least 4 members (excludes halogenated alkanes) is 2. The van der Waals surface area contributed by atoms with Gasteiger partial charge in [-0.1, -0.05) is 66.2 Å². The Morgan fingerprint density at radius 1 is 0.644 bits per heavy atom. The monoisotopic (exact) mass is 661 g/mol. The van der Waals surface area contributed by atoms with Crippen LogP contribution in [0, 0.1) is 24.0 Å². The third-order valence-electron chi connectivity index (χ3n) is 7.17. The molecule has 2 atom stereocenters. The minimum atomic E-state index is -0.448. The molecule has 0 N–H and O–H groups in total. The molecule has 0 saturated carbocycles. The summed E-state index contributed by atoms with van der Waals surface area (Å²) in [5.74, 6) is 0.930. The Morgan fingerprint density at radius 3 is 1.67 bits per heavy atom. The Morgan fingerprint density at radius 2 is 1.13 bits per heavy atom. The zero-order valence-corrected chi connectivity index (χ0v) is 27.9. The van der Waals surface area contributed by atoms with E-state index in [9.17, 15) is 14.4 Å². The van der Waals surface area contributed by atoms with Crippen LogP contribution in [0.3, 0.4) is 0 Å². The number of carbonyl (C=O) groups excluding carboxylic acids is 3. The molecule has 45 heavy (non-hydrogen) atoms. The molecule has 0 spiro atoms. The maximum absolute atomic E-state index is 12.2. The zero-order valence-electron chi connectivity index (χ0n) is 26.8. The van der Waals surface area contributed by atoms with E-state index in [0.717, 1.165) is 38.5 Å². The van der Waals surface area contributed by atoms with Gasteiger partial charge >= 0.3 is 37.4 Å². The van der Waals surface area contributed by atoms with E-state index in [1.807, 2.05) is 0 Å². The van der Waals surface area contributed by atoms with E-state index < -0.39 is 5.97 Å². The van der Waals surface area contributed by atoms with Gasteiger partial charge in [0.05, 0.1) is 12.2 Å². The van der Waals surface area contributed by atoms with Gasteiger partial charge in [0.15, 0.2) is 0 Å². The molecule has 0 aliphatic rings. The molecule has 0 saturated heterocycles. The predicted octanol–water partition coefficient (Wildman–Crippen LogP) is 8.96. The van der Waals surface area contributed by atoms with Crippen molar-refractivity contribution in [2.45, 2.75) is 85.5 Å². The number of hydrogen-bond donors (Lipinski definition) is 0. The summed E-state index contributed by atoms with van der Waals surface area (Å²) in [7, 11) is 0. The SMILES string of the molecule is CCCCC(CC)CC(=O)Oc1cc[c-]cc1.CCCCC(CC)COC(=O)c1ccc(OC(=O)c2cc[c-]cc2)cc1.[O]=[Co]. The molecule has 247 valence electrons. The molecule has 3 rings (SSSR count). The number of hydrogen-bond acceptors (Lipinski definition) is 7. The van der Waals surface area contributed by atoms with Crippen molar-refractivity contribution in [1.29, 1.82) is 0 Å². The third-order valence-corrected chi connectivity index (χ3v) is 7.17. The van der Waals surface area contributed by atoms with Crippen LogP contribution in [0.25, 0.3) is 0 Å². The minimum absolute atomic E-state index is 0.126. The zero-order chi connectivity index (χ0) is 33.3. The fourth-order valence-electron chi connectivity index (χ4n) is 4.31. The molecule has 0 aliphatic carbocycles. The van der Waals surface area contributed by atoms with Gasteiger partial charge < -0.3 is 14.2 Å². The van der Waals surface area contributed by atoms with E-state index in [-0.39, 0.29) is 11.9 Å². The van der Waals surface area contributed by atoms with Gasteiger partial charge in [-0.3, -0.25) is 4.79 Å². The van der Waals surface area contributed by atoms with Gasteiger partial charge in [0.25, 0.3) is 0 Å². The quantitative estimate of drug-likeness (QED) is 0.0859. The van der Waals surface area contributed by atoms with Crippen molar-refractivity contribution >= 4 is 17.9 Å². The molecule has 3 aromatic carbocycles. The van der Waals surface area contributed by atoms with Gasteiger partial charge in [0, 0.05) is 12.2 Å². The second-order valence-electron chi connectivity index (χ2n) is 10.5. The van der Waals surface area contributed by atoms with Gasteiger partial charge in [-0.25, -0.2) is 9.59 Å². The van der Waals surface area contributed by atoms with Crippen LogP contribution in [-0.4, -0.2) is 24.5 Å². The third kappa shape index (κ3) is 16.9. The Labute approximate surface area is 276 Å². The molecule has 0 aliphatic heterocycles. The molecule has 2 unspecified atom stereocenters. The Kier molecular flexibility index (Phi) is 21.6. The van der Waals surface area contributed by atoms with Crippen molar-refractivity contribution < 1.29 is 48.1 Å². The van der Waals surface area contributed by atoms with Crippen LogP contribution in [0.15, 0.2) is 72.8 Å². The van der Waals surface area contributed by atoms with E-state index in [1.54, 1.807) is 72.8 Å². The summed E-state index contributed by atoms with van der Waals surface area (Å²) >= 11 is 2.31. The van der Waals surface area contributed by atoms with Crippen molar-refractivity contribution in [3.05, 3.63) is 96.1 Å². The molecule has 0 heterocycles. The van der Waals surface area contributed by atoms with Gasteiger partial charge in [0.1, 0.15) is 5.75 Å². The molecule has 0 radical (unpaired) electrons. The fourth-order valence-corrected chi connectivity index (χ4v) is 4.31. The fraction of sp³-hybridized carbons (Fsp3) is 0.432. The number of benzene rings is 3. The molecule has 0 fully saturated rings. The number of esters is 3. The van der Waals surface area contributed by atoms with E-state index in [2.05, 4.69) is 55.5 Å². The van der Waals surface area contributed by atoms with Crippen molar-refractivity contribution in [1.82, 2.24) is 0 Å². The van der Waals surface area contributed by atoms with Gasteiger partial charge in [0.2, 0.25) is 0 Å². The first-order valence-electron chi connectivity index (χ1n) is 15.7. The molecule has 0 aromatic heterocycles. The summed E-state index contributed by atoms with van der Waals surface area (Å²) in [5, 5.41) is 0. The van der Waals surface area contributed by atoms with E-state index in [0.29, 0.717) is 47.5 Å². The molecule has 0 amide bonds. The van der Waals surface area contributed by atoms with Crippen molar-refractivity contribution in [3.63, 3.8) is 0 Å². The first-order chi connectivity index (χ1) is 21.9. The van der Waals surface area contributed by atoms with Gasteiger partial charge in [-0.2, -0.15) is 48.5 Å². The second kappa shape index (κ2) is 24.7. The second-order valence-corrected chi connectivity index (χ2v) is 10.5. The summed E-state index contributed by atoms with van der Waals surface area (Å²) in [6.45, 7) is 9.01. The van der Waals surface area contributed by atoms with Crippen molar-refractivity contribution in [2.75, 3.05) is 6.61 Å². The van der Waals surface area contributed by atoms with Crippen LogP contribution in [0.5, 0.6) is 11.5 Å². The Balaban J connectivity index is 0.000000462. The van der Waals surface area contributed by atoms with Gasteiger partial charge in [-0.15, -0.1) is 12.1 Å². The Bertz CT molecular complexity index is 1220. The number of ether oxygens (including phenoxy) is 3. The normalized spacial score (nSPS) is 11.4. The Hall–Kier alpha value is -3.62. The maximum atomic E-state index is 12.2. The molecule has 0 bridgehead atoms. The van der Waals surface area contributed by atoms with Crippen LogP contribution in [-0.2, 0) is 29.1 Å². The van der Waals surface area contributed by atoms with Gasteiger partial charge in [-0.05, 0) is 54.5 Å². The summed E-state index contributed by atoms with van der Waals surface area (Å²) in [5.41, 5.74) is 0.898. The van der Waals surface area contributed by atoms with Crippen molar-refractivity contribution in [3.8, 4) is 11.5 Å². The van der Waals surface area contributed by atoms with Crippen LogP contribution < -0.4 is 9.47 Å². The van der Waals surface area contributed by atoms with E-state index >= 15 is 0 Å². The average molecular weight is 662 g/mol. The predicted molar refractivity (Wildman–Crippen MR) is 170 cm³/mol. The first-order valence-corrected chi connectivity index (χ1v) is 16.1. The summed E-state index contributed by atoms with van der Waals surface area (Å²) in [4.78, 5) is 35.9. The van der Waals surface area contributed by atoms with Crippen LogP contribution >= 0.6 is 0 Å². The van der Waals surface area contributed by atoms with E-state index in [1.165, 1.54) is 12.8 Å². The molecule has 3 aromatic rings. The molecule has 8 heteroatoms. The van der Waals surface area contributed by atoms with Crippen LogP contribution in [0.2, 0.25) is 0 Å². The van der Waals surface area contributed by atoms with Crippen LogP contribution in [0.4, 0.5) is 0 Å². The molecule has 7 nitrogen and oxygen atoms in total. The van der Waals surface area contributed by atoms with Crippen molar-refractivity contribution in [2.24, 2.45) is 11.8 Å². The summed E-state index contributed by atoms with van der Waals surface area (Å²) in [6.07, 6.45) is 9.41. The van der Waals surface area contributed by atoms with Crippen LogP contribution in [0.1, 0.15) is 106 Å². The molecular formula is C37H46CoO7-2. The summed E-state index contributed by atoms with van der Waals surface area (Å²) < 4.78 is 23.9. The average Bonchev–Trinajstić information content (AvgIpc) is 3.09. The number of carbonyl (C=O) groups is 3. The standard InChI is InChI=1S/C22H25O4.C15H21O2.Co.O/c1-3-5-9-17(4-2)16-25-21(23)19-12-14-20(15-13-19)26-22(24)18-10-7-6-8-11-18;1-3-5-9-13(4-2)12-15(16)17-14-10-7-6-8-11-14;;/h7-8,10-15,17H,3-5,9,16H2,1-2H3;7-8,10-11,13H,3-5,9,12H2,1-2H3;;/q2*-1;;. The van der Waals surface area contributed by atoms with E-state index in [4.69, 9.17) is 18.1 Å². The number of rotatable bonds is 16.